The van der Waals surface area contributed by atoms with E-state index in [-0.39, 0.29) is 0 Å². The predicted molar refractivity (Wildman–Crippen MR) is 138 cm³/mol. The zero-order valence-corrected chi connectivity index (χ0v) is 22.5. The Morgan fingerprint density at radius 2 is 1.19 bits per heavy atom. The summed E-state index contributed by atoms with van der Waals surface area (Å²) in [4.78, 5) is 0. The van der Waals surface area contributed by atoms with Crippen LogP contribution < -0.4 is 10.4 Å². The fourth-order valence-corrected chi connectivity index (χ4v) is 12.2. The van der Waals surface area contributed by atoms with Crippen LogP contribution >= 0.6 is 0 Å². The predicted octanol–water partition coefficient (Wildman–Crippen LogP) is 6.77. The van der Waals surface area contributed by atoms with Gasteiger partial charge in [0.05, 0.1) is 12.0 Å². The van der Waals surface area contributed by atoms with E-state index >= 15 is 0 Å². The van der Waals surface area contributed by atoms with Crippen molar-refractivity contribution in [1.82, 2.24) is 0 Å². The molecule has 2 aromatic carbocycles. The second kappa shape index (κ2) is 8.62. The number of allylic oxidation sites excluding steroid dienone is 1. The highest BCUT2D eigenvalue weighted by Crippen LogP contribution is 2.47. The molecule has 2 heteroatoms. The Labute approximate surface area is 191 Å². The number of aryl methyl sites for hydroxylation is 6. The third kappa shape index (κ3) is 4.29. The molecular weight excluding hydrogens is 392 g/mol. The lowest BCUT2D eigenvalue weighted by molar-refractivity contribution is 0.241. The summed E-state index contributed by atoms with van der Waals surface area (Å²) in [6.45, 7) is 23.7. The Balaban J connectivity index is 2.36. The van der Waals surface area contributed by atoms with Gasteiger partial charge >= 0.3 is 0 Å². The summed E-state index contributed by atoms with van der Waals surface area (Å²) in [5.41, 5.74) is 9.38. The number of rotatable bonds is 6. The van der Waals surface area contributed by atoms with Crippen LogP contribution in [0, 0.1) is 47.0 Å². The second-order valence-electron chi connectivity index (χ2n) is 11.0. The molecular formula is C29H42OSi. The summed E-state index contributed by atoms with van der Waals surface area (Å²) >= 11 is 0. The molecule has 0 radical (unpaired) electrons. The highest BCUT2D eigenvalue weighted by molar-refractivity contribution is 7.11. The Bertz CT molecular complexity index is 902. The molecule has 168 valence electrons. The topological polar surface area (TPSA) is 9.23 Å². The highest BCUT2D eigenvalue weighted by atomic mass is 28.3. The Morgan fingerprint density at radius 1 is 0.774 bits per heavy atom. The zero-order chi connectivity index (χ0) is 23.1. The summed E-state index contributed by atoms with van der Waals surface area (Å²) in [5.74, 6) is 0. The average molecular weight is 435 g/mol. The molecule has 0 amide bonds. The molecule has 1 aliphatic heterocycles. The molecule has 0 N–H and O–H groups in total. The lowest BCUT2D eigenvalue weighted by Gasteiger charge is -2.50. The summed E-state index contributed by atoms with van der Waals surface area (Å²) in [6.07, 6.45) is 4.95. The van der Waals surface area contributed by atoms with Crippen molar-refractivity contribution < 1.29 is 4.74 Å². The van der Waals surface area contributed by atoms with Crippen molar-refractivity contribution in [2.45, 2.75) is 87.6 Å². The van der Waals surface area contributed by atoms with E-state index in [1.165, 1.54) is 51.6 Å². The molecule has 1 heterocycles. The number of benzene rings is 2. The molecule has 3 rings (SSSR count). The monoisotopic (exact) mass is 434 g/mol. The first-order chi connectivity index (χ1) is 14.4. The quantitative estimate of drug-likeness (QED) is 0.456. The van der Waals surface area contributed by atoms with E-state index in [4.69, 9.17) is 4.74 Å². The fourth-order valence-electron chi connectivity index (χ4n) is 6.08. The van der Waals surface area contributed by atoms with Crippen LogP contribution in [0.25, 0.3) is 0 Å². The molecule has 0 saturated carbocycles. The van der Waals surface area contributed by atoms with Crippen molar-refractivity contribution in [1.29, 1.82) is 0 Å². The molecule has 0 bridgehead atoms. The molecule has 1 aliphatic rings. The standard InChI is InChI=1S/C29H42OSi/c1-11-30-26-18-25(12-13-29(8,9)10)31(26,27-21(4)14-19(2)15-22(27)5)28-23(6)16-20(3)17-24(28)7/h14-18,25H,11-13H2,1-10H3. The van der Waals surface area contributed by atoms with Crippen molar-refractivity contribution in [3.8, 4) is 0 Å². The summed E-state index contributed by atoms with van der Waals surface area (Å²) in [5, 5.41) is 4.48. The van der Waals surface area contributed by atoms with Gasteiger partial charge < -0.3 is 4.74 Å². The van der Waals surface area contributed by atoms with Crippen LogP contribution in [0.1, 0.15) is 73.9 Å². The minimum Gasteiger partial charge on any atom is -0.503 e. The van der Waals surface area contributed by atoms with Crippen LogP contribution in [0.2, 0.25) is 5.54 Å². The molecule has 31 heavy (non-hydrogen) atoms. The van der Waals surface area contributed by atoms with E-state index in [1.54, 1.807) is 10.4 Å². The number of hydrogen-bond acceptors (Lipinski definition) is 1. The van der Waals surface area contributed by atoms with Gasteiger partial charge in [0.1, 0.15) is 0 Å². The molecule has 1 unspecified atom stereocenters. The molecule has 2 aromatic rings. The van der Waals surface area contributed by atoms with Crippen molar-refractivity contribution in [3.05, 3.63) is 69.1 Å². The smallest absolute Gasteiger partial charge is 0.199 e. The maximum absolute atomic E-state index is 6.47. The Morgan fingerprint density at radius 3 is 1.55 bits per heavy atom. The molecule has 1 nitrogen and oxygen atoms in total. The largest absolute Gasteiger partial charge is 0.503 e. The van der Waals surface area contributed by atoms with E-state index in [9.17, 15) is 0 Å². The molecule has 0 aromatic heterocycles. The van der Waals surface area contributed by atoms with Crippen LogP contribution in [0.15, 0.2) is 35.7 Å². The Hall–Kier alpha value is -1.80. The molecule has 0 saturated heterocycles. The number of hydrogen-bond donors (Lipinski definition) is 0. The van der Waals surface area contributed by atoms with Crippen molar-refractivity contribution in [2.75, 3.05) is 6.61 Å². The van der Waals surface area contributed by atoms with E-state index in [2.05, 4.69) is 99.6 Å². The SMILES string of the molecule is CCOC1=CC(CCC(C)(C)C)[Si]1(c1c(C)cc(C)cc1C)c1c(C)cc(C)cc1C. The molecule has 0 spiro atoms. The van der Waals surface area contributed by atoms with Gasteiger partial charge in [-0.05, 0) is 88.7 Å². The van der Waals surface area contributed by atoms with Gasteiger partial charge in [-0.2, -0.15) is 0 Å². The van der Waals surface area contributed by atoms with Gasteiger partial charge in [-0.15, -0.1) is 0 Å². The first-order valence-electron chi connectivity index (χ1n) is 11.9. The highest BCUT2D eigenvalue weighted by Gasteiger charge is 2.57. The second-order valence-corrected chi connectivity index (χ2v) is 14.9. The van der Waals surface area contributed by atoms with Gasteiger partial charge in [0, 0.05) is 0 Å². The lowest BCUT2D eigenvalue weighted by atomic mass is 9.89. The van der Waals surface area contributed by atoms with Crippen molar-refractivity contribution >= 4 is 18.4 Å². The zero-order valence-electron chi connectivity index (χ0n) is 21.5. The van der Waals surface area contributed by atoms with Crippen LogP contribution in [-0.4, -0.2) is 14.7 Å². The van der Waals surface area contributed by atoms with Crippen molar-refractivity contribution in [3.63, 3.8) is 0 Å². The maximum Gasteiger partial charge on any atom is 0.199 e. The van der Waals surface area contributed by atoms with E-state index in [0.29, 0.717) is 11.0 Å². The van der Waals surface area contributed by atoms with E-state index in [0.717, 1.165) is 6.61 Å². The van der Waals surface area contributed by atoms with Gasteiger partial charge in [-0.25, -0.2) is 0 Å². The fraction of sp³-hybridized carbons (Fsp3) is 0.517. The maximum atomic E-state index is 6.47. The first-order valence-corrected chi connectivity index (χ1v) is 14.0. The third-order valence-electron chi connectivity index (χ3n) is 6.95. The summed E-state index contributed by atoms with van der Waals surface area (Å²) in [7, 11) is -2.26. The van der Waals surface area contributed by atoms with Crippen LogP contribution in [0.4, 0.5) is 0 Å². The van der Waals surface area contributed by atoms with Gasteiger partial charge in [-0.1, -0.05) is 78.4 Å². The van der Waals surface area contributed by atoms with Gasteiger partial charge in [-0.3, -0.25) is 0 Å². The normalized spacial score (nSPS) is 17.9. The van der Waals surface area contributed by atoms with Crippen LogP contribution in [-0.2, 0) is 4.74 Å². The Kier molecular flexibility index (Phi) is 6.63. The third-order valence-corrected chi connectivity index (χ3v) is 12.8. The van der Waals surface area contributed by atoms with E-state index in [1.807, 2.05) is 0 Å². The summed E-state index contributed by atoms with van der Waals surface area (Å²) in [6, 6.07) is 9.55. The first kappa shape index (κ1) is 23.9. The minimum absolute atomic E-state index is 0.337. The van der Waals surface area contributed by atoms with E-state index < -0.39 is 8.07 Å². The van der Waals surface area contributed by atoms with Crippen LogP contribution in [0.5, 0.6) is 0 Å². The van der Waals surface area contributed by atoms with Crippen molar-refractivity contribution in [2.24, 2.45) is 5.41 Å². The van der Waals surface area contributed by atoms with Gasteiger partial charge in [0.15, 0.2) is 8.07 Å². The van der Waals surface area contributed by atoms with Gasteiger partial charge in [0.2, 0.25) is 0 Å². The van der Waals surface area contributed by atoms with Crippen LogP contribution in [0.3, 0.4) is 0 Å². The minimum atomic E-state index is -2.26. The molecule has 0 aliphatic carbocycles. The average Bonchev–Trinajstić information content (AvgIpc) is 2.60. The number of ether oxygens (including phenoxy) is 1. The molecule has 0 fully saturated rings. The van der Waals surface area contributed by atoms with Gasteiger partial charge in [0.25, 0.3) is 0 Å². The lowest BCUT2D eigenvalue weighted by Crippen LogP contribution is -2.70. The summed E-state index contributed by atoms with van der Waals surface area (Å²) < 4.78 is 6.47. The molecule has 1 atom stereocenters.